The third-order valence-electron chi connectivity index (χ3n) is 3.51. The van der Waals surface area contributed by atoms with Crippen LogP contribution in [0, 0.1) is 5.92 Å². The van der Waals surface area contributed by atoms with Crippen molar-refractivity contribution in [2.24, 2.45) is 11.7 Å². The van der Waals surface area contributed by atoms with Crippen molar-refractivity contribution < 1.29 is 14.3 Å². The molecule has 5 nitrogen and oxygen atoms in total. The van der Waals surface area contributed by atoms with E-state index in [4.69, 9.17) is 15.2 Å². The number of benzene rings is 1. The Hall–Kier alpha value is -1.46. The van der Waals surface area contributed by atoms with E-state index in [1.165, 1.54) is 0 Å². The quantitative estimate of drug-likeness (QED) is 0.894. The van der Waals surface area contributed by atoms with Gasteiger partial charge >= 0.3 is 0 Å². The average Bonchev–Trinajstić information content (AvgIpc) is 2.85. The normalized spacial score (nSPS) is 20.9. The molecule has 0 aliphatic heterocycles. The molecule has 1 saturated carbocycles. The first-order chi connectivity index (χ1) is 9.13. The molecular formula is C14H21ClN2O3. The fraction of sp³-hybridized carbons (Fsp3) is 0.500. The molecule has 20 heavy (non-hydrogen) atoms. The summed E-state index contributed by atoms with van der Waals surface area (Å²) < 4.78 is 10.4. The van der Waals surface area contributed by atoms with Crippen molar-refractivity contribution in [1.29, 1.82) is 0 Å². The lowest BCUT2D eigenvalue weighted by Crippen LogP contribution is -2.23. The number of rotatable bonds is 4. The summed E-state index contributed by atoms with van der Waals surface area (Å²) in [5, 5.41) is 2.90. The Balaban J connectivity index is 0.00000200. The number of anilines is 1. The minimum atomic E-state index is -0.00842. The standard InChI is InChI=1S/C14H20N2O3.ClH/c1-18-11-5-6-13(19-2)12(8-11)16-14(17)9-3-4-10(15)7-9;/h5-6,8-10H,3-4,7,15H2,1-2H3,(H,16,17);1H. The highest BCUT2D eigenvalue weighted by molar-refractivity contribution is 5.94. The van der Waals surface area contributed by atoms with E-state index in [0.717, 1.165) is 19.3 Å². The van der Waals surface area contributed by atoms with Gasteiger partial charge in [-0.2, -0.15) is 0 Å². The van der Waals surface area contributed by atoms with E-state index in [1.54, 1.807) is 32.4 Å². The number of halogens is 1. The highest BCUT2D eigenvalue weighted by atomic mass is 35.5. The summed E-state index contributed by atoms with van der Waals surface area (Å²) in [6.45, 7) is 0. The van der Waals surface area contributed by atoms with Crippen LogP contribution in [0.15, 0.2) is 18.2 Å². The third-order valence-corrected chi connectivity index (χ3v) is 3.51. The molecule has 2 rings (SSSR count). The van der Waals surface area contributed by atoms with E-state index >= 15 is 0 Å². The second-order valence-corrected chi connectivity index (χ2v) is 4.83. The van der Waals surface area contributed by atoms with Crippen LogP contribution in [0.25, 0.3) is 0 Å². The molecule has 0 heterocycles. The van der Waals surface area contributed by atoms with Crippen LogP contribution in [0.3, 0.4) is 0 Å². The zero-order valence-electron chi connectivity index (χ0n) is 11.7. The Labute approximate surface area is 125 Å². The lowest BCUT2D eigenvalue weighted by molar-refractivity contribution is -0.119. The van der Waals surface area contributed by atoms with Crippen LogP contribution in [0.2, 0.25) is 0 Å². The number of hydrogen-bond donors (Lipinski definition) is 2. The molecule has 0 radical (unpaired) electrons. The van der Waals surface area contributed by atoms with Gasteiger partial charge in [0, 0.05) is 18.0 Å². The minimum Gasteiger partial charge on any atom is -0.497 e. The van der Waals surface area contributed by atoms with Crippen molar-refractivity contribution in [2.75, 3.05) is 19.5 Å². The monoisotopic (exact) mass is 300 g/mol. The number of nitrogens with two attached hydrogens (primary N) is 1. The Morgan fingerprint density at radius 1 is 1.30 bits per heavy atom. The van der Waals surface area contributed by atoms with Gasteiger partial charge in [-0.05, 0) is 31.4 Å². The molecule has 1 amide bonds. The van der Waals surface area contributed by atoms with Crippen molar-refractivity contribution >= 4 is 24.0 Å². The minimum absolute atomic E-state index is 0. The molecule has 2 atom stereocenters. The van der Waals surface area contributed by atoms with Gasteiger partial charge in [-0.1, -0.05) is 0 Å². The van der Waals surface area contributed by atoms with Gasteiger partial charge in [-0.25, -0.2) is 0 Å². The Morgan fingerprint density at radius 3 is 2.60 bits per heavy atom. The van der Waals surface area contributed by atoms with Crippen molar-refractivity contribution in [1.82, 2.24) is 0 Å². The lowest BCUT2D eigenvalue weighted by Gasteiger charge is -2.14. The molecule has 1 aliphatic rings. The number of nitrogens with one attached hydrogen (secondary N) is 1. The van der Waals surface area contributed by atoms with Crippen molar-refractivity contribution in [2.45, 2.75) is 25.3 Å². The molecule has 0 aromatic heterocycles. The van der Waals surface area contributed by atoms with E-state index in [-0.39, 0.29) is 30.3 Å². The van der Waals surface area contributed by atoms with Crippen LogP contribution >= 0.6 is 12.4 Å². The number of methoxy groups -OCH3 is 2. The van der Waals surface area contributed by atoms with E-state index < -0.39 is 0 Å². The fourth-order valence-corrected chi connectivity index (χ4v) is 2.40. The van der Waals surface area contributed by atoms with Crippen LogP contribution in [-0.2, 0) is 4.79 Å². The number of amides is 1. The maximum atomic E-state index is 12.2. The Morgan fingerprint density at radius 2 is 2.05 bits per heavy atom. The third kappa shape index (κ3) is 3.77. The summed E-state index contributed by atoms with van der Waals surface area (Å²) in [6.07, 6.45) is 2.50. The van der Waals surface area contributed by atoms with Gasteiger partial charge in [0.25, 0.3) is 0 Å². The molecule has 0 bridgehead atoms. The zero-order valence-corrected chi connectivity index (χ0v) is 12.5. The number of carbonyl (C=O) groups is 1. The Bertz CT molecular complexity index is 468. The summed E-state index contributed by atoms with van der Waals surface area (Å²) >= 11 is 0. The topological polar surface area (TPSA) is 73.6 Å². The molecule has 6 heteroatoms. The Kier molecular flexibility index (Phi) is 6.10. The number of hydrogen-bond acceptors (Lipinski definition) is 4. The molecule has 1 aliphatic carbocycles. The molecule has 1 aromatic carbocycles. The number of ether oxygens (including phenoxy) is 2. The van der Waals surface area contributed by atoms with Gasteiger partial charge in [0.2, 0.25) is 5.91 Å². The molecular weight excluding hydrogens is 280 g/mol. The van der Waals surface area contributed by atoms with Crippen molar-refractivity contribution in [3.05, 3.63) is 18.2 Å². The van der Waals surface area contributed by atoms with Gasteiger partial charge in [0.05, 0.1) is 19.9 Å². The smallest absolute Gasteiger partial charge is 0.227 e. The SMILES string of the molecule is COc1ccc(OC)c(NC(=O)C2CCC(N)C2)c1.Cl. The van der Waals surface area contributed by atoms with Crippen LogP contribution in [0.5, 0.6) is 11.5 Å². The molecule has 0 spiro atoms. The molecule has 3 N–H and O–H groups in total. The van der Waals surface area contributed by atoms with Crippen LogP contribution < -0.4 is 20.5 Å². The van der Waals surface area contributed by atoms with Crippen molar-refractivity contribution in [3.8, 4) is 11.5 Å². The zero-order chi connectivity index (χ0) is 13.8. The number of carbonyl (C=O) groups excluding carboxylic acids is 1. The maximum absolute atomic E-state index is 12.2. The summed E-state index contributed by atoms with van der Waals surface area (Å²) in [6, 6.07) is 5.46. The highest BCUT2D eigenvalue weighted by Gasteiger charge is 2.28. The van der Waals surface area contributed by atoms with Crippen LogP contribution in [-0.4, -0.2) is 26.2 Å². The molecule has 0 saturated heterocycles. The average molecular weight is 301 g/mol. The molecule has 2 unspecified atom stereocenters. The first-order valence-corrected chi connectivity index (χ1v) is 6.42. The predicted octanol–water partition coefficient (Wildman–Crippen LogP) is 2.19. The van der Waals surface area contributed by atoms with Gasteiger partial charge in [0.15, 0.2) is 0 Å². The van der Waals surface area contributed by atoms with Gasteiger partial charge in [-0.3, -0.25) is 4.79 Å². The van der Waals surface area contributed by atoms with Gasteiger partial charge < -0.3 is 20.5 Å². The van der Waals surface area contributed by atoms with Crippen LogP contribution in [0.4, 0.5) is 5.69 Å². The summed E-state index contributed by atoms with van der Waals surface area (Å²) in [7, 11) is 3.16. The summed E-state index contributed by atoms with van der Waals surface area (Å²) in [5.41, 5.74) is 6.47. The fourth-order valence-electron chi connectivity index (χ4n) is 2.40. The van der Waals surface area contributed by atoms with Gasteiger partial charge in [0.1, 0.15) is 11.5 Å². The highest BCUT2D eigenvalue weighted by Crippen LogP contribution is 2.31. The first kappa shape index (κ1) is 16.6. The van der Waals surface area contributed by atoms with Crippen molar-refractivity contribution in [3.63, 3.8) is 0 Å². The predicted molar refractivity (Wildman–Crippen MR) is 80.7 cm³/mol. The lowest BCUT2D eigenvalue weighted by atomic mass is 10.1. The molecule has 112 valence electrons. The van der Waals surface area contributed by atoms with E-state index in [0.29, 0.717) is 17.2 Å². The summed E-state index contributed by atoms with van der Waals surface area (Å²) in [5.74, 6) is 1.29. The van der Waals surface area contributed by atoms with E-state index in [1.807, 2.05) is 0 Å². The van der Waals surface area contributed by atoms with E-state index in [2.05, 4.69) is 5.32 Å². The summed E-state index contributed by atoms with van der Waals surface area (Å²) in [4.78, 5) is 12.2. The maximum Gasteiger partial charge on any atom is 0.227 e. The first-order valence-electron chi connectivity index (χ1n) is 6.42. The molecule has 1 aromatic rings. The second-order valence-electron chi connectivity index (χ2n) is 4.83. The second kappa shape index (κ2) is 7.36. The molecule has 1 fully saturated rings. The van der Waals surface area contributed by atoms with Crippen LogP contribution in [0.1, 0.15) is 19.3 Å². The van der Waals surface area contributed by atoms with E-state index in [9.17, 15) is 4.79 Å². The van der Waals surface area contributed by atoms with Gasteiger partial charge in [-0.15, -0.1) is 12.4 Å². The largest absolute Gasteiger partial charge is 0.497 e.